The summed E-state index contributed by atoms with van der Waals surface area (Å²) in [5.74, 6) is 6.99. The normalized spacial score (nSPS) is 29.0. The summed E-state index contributed by atoms with van der Waals surface area (Å²) < 4.78 is 0. The molecule has 7 nitrogen and oxygen atoms in total. The topological polar surface area (TPSA) is 85.4 Å². The second-order valence-corrected chi connectivity index (χ2v) is 6.40. The summed E-state index contributed by atoms with van der Waals surface area (Å²) in [4.78, 5) is 20.6. The lowest BCUT2D eigenvalue weighted by Gasteiger charge is -2.40. The van der Waals surface area contributed by atoms with Crippen molar-refractivity contribution >= 4 is 12.4 Å². The second-order valence-electron chi connectivity index (χ2n) is 6.40. The largest absolute Gasteiger partial charge is 0.368 e. The molecule has 0 bridgehead atoms. The van der Waals surface area contributed by atoms with Gasteiger partial charge >= 0.3 is 6.03 Å². The van der Waals surface area contributed by atoms with Crippen LogP contribution in [0.25, 0.3) is 0 Å². The van der Waals surface area contributed by atoms with Crippen LogP contribution in [0.3, 0.4) is 0 Å². The van der Waals surface area contributed by atoms with E-state index >= 15 is 0 Å². The number of rotatable bonds is 2. The van der Waals surface area contributed by atoms with E-state index in [2.05, 4.69) is 9.89 Å². The minimum atomic E-state index is -1.03. The number of urea groups is 1. The Balaban J connectivity index is 1.84. The monoisotopic (exact) mass is 303 g/mol. The van der Waals surface area contributed by atoms with Crippen LogP contribution >= 0.6 is 0 Å². The van der Waals surface area contributed by atoms with Crippen molar-refractivity contribution in [2.75, 3.05) is 13.1 Å². The van der Waals surface area contributed by atoms with Crippen molar-refractivity contribution in [3.05, 3.63) is 22.7 Å². The number of aliphatic hydroxyl groups excluding tert-OH is 1. The third kappa shape index (κ3) is 1.89. The molecule has 3 heterocycles. The van der Waals surface area contributed by atoms with E-state index in [-0.39, 0.29) is 0 Å². The molecule has 4 rings (SSSR count). The zero-order valence-electron chi connectivity index (χ0n) is 12.7. The molecule has 1 atom stereocenters. The minimum absolute atomic E-state index is 0.313. The molecule has 0 spiro atoms. The lowest BCUT2D eigenvalue weighted by atomic mass is 9.98. The molecule has 2 amide bonds. The fourth-order valence-electron chi connectivity index (χ4n) is 3.60. The van der Waals surface area contributed by atoms with Crippen molar-refractivity contribution in [2.24, 2.45) is 16.8 Å². The highest BCUT2D eigenvalue weighted by Crippen LogP contribution is 2.45. The van der Waals surface area contributed by atoms with Gasteiger partial charge in [-0.3, -0.25) is 4.90 Å². The van der Waals surface area contributed by atoms with Crippen molar-refractivity contribution in [1.82, 2.24) is 14.8 Å². The van der Waals surface area contributed by atoms with Gasteiger partial charge in [-0.25, -0.2) is 20.6 Å². The van der Waals surface area contributed by atoms with Crippen LogP contribution in [0.5, 0.6) is 0 Å². The summed E-state index contributed by atoms with van der Waals surface area (Å²) in [7, 11) is 0. The zero-order chi connectivity index (χ0) is 15.4. The molecular formula is C15H21N5O2. The first-order valence-corrected chi connectivity index (χ1v) is 7.89. The number of hydrogen-bond donors (Lipinski definition) is 2. The summed E-state index contributed by atoms with van der Waals surface area (Å²) >= 11 is 0. The van der Waals surface area contributed by atoms with Crippen LogP contribution in [0.15, 0.2) is 27.7 Å². The number of aliphatic imine (C=N–C) groups is 1. The number of carbonyl (C=O) groups is 1. The van der Waals surface area contributed by atoms with E-state index < -0.39 is 12.3 Å². The van der Waals surface area contributed by atoms with Crippen LogP contribution in [0, 0.1) is 5.92 Å². The number of allylic oxidation sites excluding steroid dienone is 1. The Hall–Kier alpha value is -1.86. The van der Waals surface area contributed by atoms with Gasteiger partial charge in [-0.15, -0.1) is 0 Å². The van der Waals surface area contributed by atoms with E-state index in [0.29, 0.717) is 5.92 Å². The molecule has 1 unspecified atom stereocenters. The molecule has 2 fully saturated rings. The van der Waals surface area contributed by atoms with E-state index in [4.69, 9.17) is 5.84 Å². The van der Waals surface area contributed by atoms with Gasteiger partial charge in [0.15, 0.2) is 6.23 Å². The summed E-state index contributed by atoms with van der Waals surface area (Å²) in [5.41, 5.74) is 2.63. The Morgan fingerprint density at radius 1 is 1.32 bits per heavy atom. The molecule has 7 heteroatoms. The first-order chi connectivity index (χ1) is 10.6. The Kier molecular flexibility index (Phi) is 3.02. The van der Waals surface area contributed by atoms with Crippen molar-refractivity contribution in [2.45, 2.75) is 38.8 Å². The number of hydrazine groups is 1. The van der Waals surface area contributed by atoms with Gasteiger partial charge in [0, 0.05) is 24.2 Å². The fraction of sp³-hybridized carbons (Fsp3) is 0.600. The standard InChI is InChI=1S/C15H21N5O2/c1-9-12-11(10-4-5-10)14(21)20(16)15(22)19(12)8-17-13(9)18-6-2-3-7-18/h8,10,14,21H,2-7,16H2,1H3. The van der Waals surface area contributed by atoms with Crippen molar-refractivity contribution in [1.29, 1.82) is 0 Å². The second kappa shape index (κ2) is 4.82. The number of aliphatic hydroxyl groups is 1. The predicted octanol–water partition coefficient (Wildman–Crippen LogP) is 0.949. The molecule has 22 heavy (non-hydrogen) atoms. The van der Waals surface area contributed by atoms with Gasteiger partial charge in [-0.05, 0) is 38.5 Å². The Labute approximate surface area is 129 Å². The number of amides is 2. The first kappa shape index (κ1) is 13.8. The van der Waals surface area contributed by atoms with Gasteiger partial charge in [-0.2, -0.15) is 0 Å². The number of fused-ring (bicyclic) bond motifs is 1. The van der Waals surface area contributed by atoms with Crippen LogP contribution < -0.4 is 5.84 Å². The van der Waals surface area contributed by atoms with Gasteiger partial charge < -0.3 is 10.0 Å². The lowest BCUT2D eigenvalue weighted by molar-refractivity contribution is 0.0370. The SMILES string of the molecule is CC1=C(N2CCCC2)N=CN2C(=O)N(N)C(O)C(C3CC3)=C12. The molecule has 0 aromatic carbocycles. The van der Waals surface area contributed by atoms with Crippen molar-refractivity contribution < 1.29 is 9.90 Å². The smallest absolute Gasteiger partial charge is 0.346 e. The highest BCUT2D eigenvalue weighted by molar-refractivity contribution is 5.92. The molecule has 1 aliphatic carbocycles. The van der Waals surface area contributed by atoms with E-state index in [9.17, 15) is 9.90 Å². The highest BCUT2D eigenvalue weighted by Gasteiger charge is 2.45. The molecule has 3 N–H and O–H groups in total. The molecular weight excluding hydrogens is 282 g/mol. The molecule has 0 radical (unpaired) electrons. The first-order valence-electron chi connectivity index (χ1n) is 7.89. The third-order valence-corrected chi connectivity index (χ3v) is 4.89. The number of hydrogen-bond acceptors (Lipinski definition) is 5. The van der Waals surface area contributed by atoms with Gasteiger partial charge in [0.2, 0.25) is 0 Å². The van der Waals surface area contributed by atoms with Crippen LogP contribution in [0.2, 0.25) is 0 Å². The molecule has 1 saturated heterocycles. The van der Waals surface area contributed by atoms with E-state index in [0.717, 1.165) is 53.6 Å². The number of carbonyl (C=O) groups excluding carboxylic acids is 1. The number of nitrogens with two attached hydrogens (primary N) is 1. The minimum Gasteiger partial charge on any atom is -0.368 e. The van der Waals surface area contributed by atoms with Crippen LogP contribution in [-0.4, -0.2) is 51.6 Å². The number of likely N-dealkylation sites (tertiary alicyclic amines) is 1. The molecule has 0 aromatic heterocycles. The predicted molar refractivity (Wildman–Crippen MR) is 81.0 cm³/mol. The van der Waals surface area contributed by atoms with Crippen LogP contribution in [0.1, 0.15) is 32.6 Å². The Morgan fingerprint density at radius 3 is 2.64 bits per heavy atom. The maximum atomic E-state index is 12.3. The van der Waals surface area contributed by atoms with Gasteiger partial charge in [0.1, 0.15) is 12.2 Å². The van der Waals surface area contributed by atoms with Crippen LogP contribution in [0.4, 0.5) is 4.79 Å². The van der Waals surface area contributed by atoms with Gasteiger partial charge in [0.05, 0.1) is 5.70 Å². The van der Waals surface area contributed by atoms with Gasteiger partial charge in [0.25, 0.3) is 0 Å². The lowest BCUT2D eigenvalue weighted by Crippen LogP contribution is -2.57. The van der Waals surface area contributed by atoms with Gasteiger partial charge in [-0.1, -0.05) is 0 Å². The van der Waals surface area contributed by atoms with E-state index in [1.807, 2.05) is 6.92 Å². The van der Waals surface area contributed by atoms with E-state index in [1.54, 1.807) is 6.34 Å². The van der Waals surface area contributed by atoms with Crippen LogP contribution in [-0.2, 0) is 0 Å². The summed E-state index contributed by atoms with van der Waals surface area (Å²) in [5, 5.41) is 11.3. The maximum Gasteiger partial charge on any atom is 0.346 e. The van der Waals surface area contributed by atoms with Crippen molar-refractivity contribution in [3.8, 4) is 0 Å². The number of nitrogens with zero attached hydrogens (tertiary/aromatic N) is 4. The molecule has 3 aliphatic heterocycles. The Morgan fingerprint density at radius 2 is 2.00 bits per heavy atom. The fourth-order valence-corrected chi connectivity index (χ4v) is 3.60. The summed E-state index contributed by atoms with van der Waals surface area (Å²) in [6, 6.07) is -0.435. The van der Waals surface area contributed by atoms with Crippen molar-refractivity contribution in [3.63, 3.8) is 0 Å². The Bertz CT molecular complexity index is 613. The molecule has 0 aromatic rings. The molecule has 4 aliphatic rings. The zero-order valence-corrected chi connectivity index (χ0v) is 12.7. The average Bonchev–Trinajstić information content (AvgIpc) is 3.20. The average molecular weight is 303 g/mol. The molecule has 118 valence electrons. The summed E-state index contributed by atoms with van der Waals surface area (Å²) in [6.07, 6.45) is 4.93. The third-order valence-electron chi connectivity index (χ3n) is 4.89. The molecule has 1 saturated carbocycles. The summed E-state index contributed by atoms with van der Waals surface area (Å²) in [6.45, 7) is 3.98. The quantitative estimate of drug-likeness (QED) is 0.587. The highest BCUT2D eigenvalue weighted by atomic mass is 16.3. The van der Waals surface area contributed by atoms with E-state index in [1.165, 1.54) is 17.7 Å². The maximum absolute atomic E-state index is 12.3.